The molecule has 2 aromatic rings. The maximum atomic E-state index is 11.7. The Balaban J connectivity index is 1.78. The van der Waals surface area contributed by atoms with Crippen LogP contribution in [0.4, 0.5) is 0 Å². The van der Waals surface area contributed by atoms with E-state index in [1.54, 1.807) is 6.07 Å². The maximum absolute atomic E-state index is 11.7. The lowest BCUT2D eigenvalue weighted by Crippen LogP contribution is -2.26. The molecular weight excluding hydrogens is 226 g/mol. The monoisotopic (exact) mass is 239 g/mol. The van der Waals surface area contributed by atoms with E-state index in [1.165, 1.54) is 0 Å². The average Bonchev–Trinajstić information content (AvgIpc) is 3.24. The van der Waals surface area contributed by atoms with Gasteiger partial charge in [-0.2, -0.15) is 0 Å². The molecule has 1 aliphatic carbocycles. The molecule has 0 unspecified atom stereocenters. The van der Waals surface area contributed by atoms with Gasteiger partial charge in [0, 0.05) is 11.6 Å². The number of carbonyl (C=O) groups is 1. The summed E-state index contributed by atoms with van der Waals surface area (Å²) in [7, 11) is 0. The van der Waals surface area contributed by atoms with Crippen molar-refractivity contribution in [3.8, 4) is 11.3 Å². The van der Waals surface area contributed by atoms with Gasteiger partial charge in [0.25, 0.3) is 5.91 Å². The van der Waals surface area contributed by atoms with Gasteiger partial charge in [-0.1, -0.05) is 30.3 Å². The number of hydrogen-bond donors (Lipinski definition) is 1. The number of nitrogens with zero attached hydrogens (tertiary/aromatic N) is 2. The Kier molecular flexibility index (Phi) is 2.76. The van der Waals surface area contributed by atoms with Crippen molar-refractivity contribution in [2.45, 2.75) is 18.9 Å². The first-order valence-electron chi connectivity index (χ1n) is 6.03. The molecule has 0 aliphatic heterocycles. The summed E-state index contributed by atoms with van der Waals surface area (Å²) >= 11 is 0. The van der Waals surface area contributed by atoms with Crippen molar-refractivity contribution >= 4 is 5.91 Å². The first-order valence-corrected chi connectivity index (χ1v) is 6.03. The summed E-state index contributed by atoms with van der Waals surface area (Å²) in [6, 6.07) is 13.7. The van der Waals surface area contributed by atoms with Gasteiger partial charge in [0.2, 0.25) is 0 Å². The molecule has 1 fully saturated rings. The van der Waals surface area contributed by atoms with Gasteiger partial charge in [-0.25, -0.2) is 0 Å². The van der Waals surface area contributed by atoms with Crippen LogP contribution in [0.5, 0.6) is 0 Å². The number of amides is 1. The van der Waals surface area contributed by atoms with Crippen LogP contribution in [0, 0.1) is 0 Å². The molecule has 4 heteroatoms. The van der Waals surface area contributed by atoms with Crippen LogP contribution in [0.15, 0.2) is 42.5 Å². The van der Waals surface area contributed by atoms with Gasteiger partial charge in [-0.3, -0.25) is 4.79 Å². The number of hydrogen-bond acceptors (Lipinski definition) is 3. The number of rotatable bonds is 3. The fourth-order valence-corrected chi connectivity index (χ4v) is 1.70. The SMILES string of the molecule is O=C(NC1CC1)c1ccc(-c2ccccc2)nn1. The molecule has 18 heavy (non-hydrogen) atoms. The van der Waals surface area contributed by atoms with E-state index in [9.17, 15) is 4.79 Å². The number of carbonyl (C=O) groups excluding carboxylic acids is 1. The zero-order valence-corrected chi connectivity index (χ0v) is 9.84. The lowest BCUT2D eigenvalue weighted by Gasteiger charge is -2.03. The highest BCUT2D eigenvalue weighted by Gasteiger charge is 2.24. The Morgan fingerprint density at radius 1 is 1.06 bits per heavy atom. The van der Waals surface area contributed by atoms with Crippen LogP contribution in [0.25, 0.3) is 11.3 Å². The van der Waals surface area contributed by atoms with Crippen LogP contribution in [0.3, 0.4) is 0 Å². The summed E-state index contributed by atoms with van der Waals surface area (Å²) in [5.41, 5.74) is 2.15. The molecule has 1 aromatic carbocycles. The highest BCUT2D eigenvalue weighted by atomic mass is 16.2. The van der Waals surface area contributed by atoms with E-state index in [-0.39, 0.29) is 5.91 Å². The number of benzene rings is 1. The van der Waals surface area contributed by atoms with Gasteiger partial charge < -0.3 is 5.32 Å². The Hall–Kier alpha value is -2.23. The minimum atomic E-state index is -0.135. The van der Waals surface area contributed by atoms with E-state index in [0.29, 0.717) is 11.7 Å². The molecule has 0 bridgehead atoms. The summed E-state index contributed by atoms with van der Waals surface area (Å²) in [5.74, 6) is -0.135. The van der Waals surface area contributed by atoms with Crippen molar-refractivity contribution in [2.75, 3.05) is 0 Å². The van der Waals surface area contributed by atoms with Gasteiger partial charge in [-0.05, 0) is 25.0 Å². The molecule has 4 nitrogen and oxygen atoms in total. The molecule has 1 aromatic heterocycles. The minimum Gasteiger partial charge on any atom is -0.348 e. The van der Waals surface area contributed by atoms with Crippen LogP contribution in [0.1, 0.15) is 23.3 Å². The second-order valence-electron chi connectivity index (χ2n) is 4.42. The van der Waals surface area contributed by atoms with Crippen LogP contribution >= 0.6 is 0 Å². The predicted molar refractivity (Wildman–Crippen MR) is 68.0 cm³/mol. The summed E-state index contributed by atoms with van der Waals surface area (Å²) in [6.07, 6.45) is 2.14. The fraction of sp³-hybridized carbons (Fsp3) is 0.214. The summed E-state index contributed by atoms with van der Waals surface area (Å²) in [6.45, 7) is 0. The van der Waals surface area contributed by atoms with Crippen LogP contribution in [0.2, 0.25) is 0 Å². The Bertz CT molecular complexity index is 547. The van der Waals surface area contributed by atoms with E-state index < -0.39 is 0 Å². The maximum Gasteiger partial charge on any atom is 0.272 e. The molecule has 0 radical (unpaired) electrons. The van der Waals surface area contributed by atoms with E-state index >= 15 is 0 Å². The standard InChI is InChI=1S/C14H13N3O/c18-14(15-11-6-7-11)13-9-8-12(16-17-13)10-4-2-1-3-5-10/h1-5,8-9,11H,6-7H2,(H,15,18). The minimum absolute atomic E-state index is 0.135. The highest BCUT2D eigenvalue weighted by molar-refractivity contribution is 5.92. The molecule has 1 saturated carbocycles. The zero-order valence-electron chi connectivity index (χ0n) is 9.84. The largest absolute Gasteiger partial charge is 0.348 e. The molecule has 1 aliphatic rings. The summed E-state index contributed by atoms with van der Waals surface area (Å²) < 4.78 is 0. The highest BCUT2D eigenvalue weighted by Crippen LogP contribution is 2.19. The summed E-state index contributed by atoms with van der Waals surface area (Å²) in [4.78, 5) is 11.7. The van der Waals surface area contributed by atoms with E-state index in [4.69, 9.17) is 0 Å². The first-order chi connectivity index (χ1) is 8.83. The van der Waals surface area contributed by atoms with E-state index in [1.807, 2.05) is 36.4 Å². The smallest absolute Gasteiger partial charge is 0.272 e. The second kappa shape index (κ2) is 4.56. The lowest BCUT2D eigenvalue weighted by molar-refractivity contribution is 0.0945. The van der Waals surface area contributed by atoms with Gasteiger partial charge in [0.15, 0.2) is 5.69 Å². The topological polar surface area (TPSA) is 54.9 Å². The molecule has 1 N–H and O–H groups in total. The average molecular weight is 239 g/mol. The van der Waals surface area contributed by atoms with Crippen molar-refractivity contribution in [1.29, 1.82) is 0 Å². The molecule has 90 valence electrons. The third kappa shape index (κ3) is 2.37. The van der Waals surface area contributed by atoms with Crippen LogP contribution in [-0.2, 0) is 0 Å². The molecular formula is C14H13N3O. The Labute approximate surface area is 105 Å². The number of aromatic nitrogens is 2. The predicted octanol–water partition coefficient (Wildman–Crippen LogP) is 2.04. The van der Waals surface area contributed by atoms with Crippen LogP contribution in [-0.4, -0.2) is 22.1 Å². The van der Waals surface area contributed by atoms with Crippen molar-refractivity contribution in [1.82, 2.24) is 15.5 Å². The normalized spacial score (nSPS) is 14.2. The fourth-order valence-electron chi connectivity index (χ4n) is 1.70. The molecule has 1 amide bonds. The molecule has 0 spiro atoms. The third-order valence-electron chi connectivity index (χ3n) is 2.88. The summed E-state index contributed by atoms with van der Waals surface area (Å²) in [5, 5.41) is 10.9. The lowest BCUT2D eigenvalue weighted by atomic mass is 10.1. The Morgan fingerprint density at radius 2 is 1.83 bits per heavy atom. The molecule has 0 atom stereocenters. The quantitative estimate of drug-likeness (QED) is 0.891. The van der Waals surface area contributed by atoms with Gasteiger partial charge in [-0.15, -0.1) is 10.2 Å². The third-order valence-corrected chi connectivity index (χ3v) is 2.88. The molecule has 3 rings (SSSR count). The first kappa shape index (κ1) is 10.9. The van der Waals surface area contributed by atoms with Crippen molar-refractivity contribution in [2.24, 2.45) is 0 Å². The molecule has 0 saturated heterocycles. The van der Waals surface area contributed by atoms with E-state index in [0.717, 1.165) is 24.1 Å². The molecule has 1 heterocycles. The zero-order chi connectivity index (χ0) is 12.4. The van der Waals surface area contributed by atoms with Crippen molar-refractivity contribution in [3.05, 3.63) is 48.2 Å². The van der Waals surface area contributed by atoms with Crippen LogP contribution < -0.4 is 5.32 Å². The van der Waals surface area contributed by atoms with E-state index in [2.05, 4.69) is 15.5 Å². The van der Waals surface area contributed by atoms with Gasteiger partial charge in [0.05, 0.1) is 5.69 Å². The van der Waals surface area contributed by atoms with Crippen molar-refractivity contribution in [3.63, 3.8) is 0 Å². The number of nitrogens with one attached hydrogen (secondary N) is 1. The Morgan fingerprint density at radius 3 is 2.44 bits per heavy atom. The van der Waals surface area contributed by atoms with Crippen molar-refractivity contribution < 1.29 is 4.79 Å². The van der Waals surface area contributed by atoms with Gasteiger partial charge in [0.1, 0.15) is 0 Å². The second-order valence-corrected chi connectivity index (χ2v) is 4.42. The van der Waals surface area contributed by atoms with Gasteiger partial charge >= 0.3 is 0 Å².